The molecule has 1 saturated heterocycles. The number of ether oxygens (including phenoxy) is 1. The van der Waals surface area contributed by atoms with Crippen LogP contribution in [-0.4, -0.2) is 25.5 Å². The Labute approximate surface area is 110 Å². The maximum atomic E-state index is 12.7. The molecular weight excluding hydrogens is 226 g/mol. The Balaban J connectivity index is 1.94. The molecule has 2 rings (SSSR count). The van der Waals surface area contributed by atoms with Gasteiger partial charge in [0, 0.05) is 31.6 Å². The van der Waals surface area contributed by atoms with Crippen LogP contribution >= 0.6 is 0 Å². The van der Waals surface area contributed by atoms with Gasteiger partial charge in [-0.05, 0) is 31.6 Å². The van der Waals surface area contributed by atoms with Gasteiger partial charge in [-0.1, -0.05) is 25.7 Å². The van der Waals surface area contributed by atoms with Gasteiger partial charge in [0.1, 0.15) is 5.78 Å². The van der Waals surface area contributed by atoms with Crippen LogP contribution in [0.15, 0.2) is 0 Å². The Hall–Kier alpha value is -0.410. The quantitative estimate of drug-likeness (QED) is 0.784. The molecule has 0 radical (unpaired) electrons. The Morgan fingerprint density at radius 3 is 2.28 bits per heavy atom. The van der Waals surface area contributed by atoms with E-state index in [2.05, 4.69) is 0 Å². The Kier molecular flexibility index (Phi) is 5.19. The number of ketones is 1. The third-order valence-corrected chi connectivity index (χ3v) is 4.86. The van der Waals surface area contributed by atoms with Crippen molar-refractivity contribution in [3.63, 3.8) is 0 Å². The smallest absolute Gasteiger partial charge is 0.140 e. The number of nitrogens with two attached hydrogens (primary N) is 1. The van der Waals surface area contributed by atoms with E-state index < -0.39 is 0 Å². The zero-order valence-corrected chi connectivity index (χ0v) is 11.5. The first kappa shape index (κ1) is 14.0. The number of carbonyl (C=O) groups excluding carboxylic acids is 1. The molecule has 1 saturated carbocycles. The Bertz CT molecular complexity index is 264. The van der Waals surface area contributed by atoms with Gasteiger partial charge in [0.15, 0.2) is 0 Å². The molecule has 2 N–H and O–H groups in total. The van der Waals surface area contributed by atoms with Crippen molar-refractivity contribution in [2.75, 3.05) is 19.8 Å². The second-order valence-corrected chi connectivity index (χ2v) is 6.08. The van der Waals surface area contributed by atoms with Crippen molar-refractivity contribution < 1.29 is 9.53 Å². The first-order valence-electron chi connectivity index (χ1n) is 7.58. The molecule has 0 unspecified atom stereocenters. The Morgan fingerprint density at radius 1 is 1.11 bits per heavy atom. The van der Waals surface area contributed by atoms with Gasteiger partial charge in [-0.2, -0.15) is 0 Å². The molecule has 0 bridgehead atoms. The lowest BCUT2D eigenvalue weighted by molar-refractivity contribution is -0.130. The fourth-order valence-electron chi connectivity index (χ4n) is 3.43. The van der Waals surface area contributed by atoms with E-state index in [9.17, 15) is 4.79 Å². The molecule has 3 heteroatoms. The summed E-state index contributed by atoms with van der Waals surface area (Å²) in [6, 6.07) is 0. The van der Waals surface area contributed by atoms with E-state index in [1.54, 1.807) is 0 Å². The fourth-order valence-corrected chi connectivity index (χ4v) is 3.43. The van der Waals surface area contributed by atoms with E-state index in [-0.39, 0.29) is 5.41 Å². The third kappa shape index (κ3) is 3.33. The molecule has 0 aromatic rings. The monoisotopic (exact) mass is 253 g/mol. The SMILES string of the molecule is NCC1(C(=O)CC2CCOCC2)CCCCCC1. The van der Waals surface area contributed by atoms with Crippen LogP contribution in [0.2, 0.25) is 0 Å². The highest BCUT2D eigenvalue weighted by molar-refractivity contribution is 5.85. The lowest BCUT2D eigenvalue weighted by atomic mass is 9.73. The van der Waals surface area contributed by atoms with Gasteiger partial charge >= 0.3 is 0 Å². The van der Waals surface area contributed by atoms with Crippen molar-refractivity contribution in [2.45, 2.75) is 57.8 Å². The standard InChI is InChI=1S/C15H27NO2/c16-12-15(7-3-1-2-4-8-15)14(17)11-13-5-9-18-10-6-13/h13H,1-12,16H2. The van der Waals surface area contributed by atoms with E-state index in [1.807, 2.05) is 0 Å². The number of hydrogen-bond acceptors (Lipinski definition) is 3. The van der Waals surface area contributed by atoms with Gasteiger partial charge in [-0.15, -0.1) is 0 Å². The van der Waals surface area contributed by atoms with Crippen molar-refractivity contribution in [1.82, 2.24) is 0 Å². The van der Waals surface area contributed by atoms with Gasteiger partial charge in [0.25, 0.3) is 0 Å². The summed E-state index contributed by atoms with van der Waals surface area (Å²) in [6.07, 6.45) is 9.77. The highest BCUT2D eigenvalue weighted by Crippen LogP contribution is 2.37. The highest BCUT2D eigenvalue weighted by atomic mass is 16.5. The third-order valence-electron chi connectivity index (χ3n) is 4.86. The average Bonchev–Trinajstić information content (AvgIpc) is 2.66. The fraction of sp³-hybridized carbons (Fsp3) is 0.933. The van der Waals surface area contributed by atoms with E-state index in [0.717, 1.165) is 45.3 Å². The van der Waals surface area contributed by atoms with Gasteiger partial charge in [-0.25, -0.2) is 0 Å². The minimum Gasteiger partial charge on any atom is -0.381 e. The van der Waals surface area contributed by atoms with Crippen molar-refractivity contribution >= 4 is 5.78 Å². The van der Waals surface area contributed by atoms with Crippen LogP contribution < -0.4 is 5.73 Å². The predicted octanol–water partition coefficient (Wildman–Crippen LogP) is 2.67. The molecule has 0 aromatic heterocycles. The van der Waals surface area contributed by atoms with Crippen LogP contribution in [0.3, 0.4) is 0 Å². The van der Waals surface area contributed by atoms with Gasteiger partial charge < -0.3 is 10.5 Å². The molecule has 1 heterocycles. The summed E-state index contributed by atoms with van der Waals surface area (Å²) in [5.41, 5.74) is 5.78. The summed E-state index contributed by atoms with van der Waals surface area (Å²) in [7, 11) is 0. The largest absolute Gasteiger partial charge is 0.381 e. The van der Waals surface area contributed by atoms with Gasteiger partial charge in [-0.3, -0.25) is 4.79 Å². The normalized spacial score (nSPS) is 25.6. The zero-order chi connectivity index (χ0) is 12.8. The van der Waals surface area contributed by atoms with Crippen molar-refractivity contribution in [3.8, 4) is 0 Å². The van der Waals surface area contributed by atoms with Crippen LogP contribution in [0.4, 0.5) is 0 Å². The minimum absolute atomic E-state index is 0.186. The van der Waals surface area contributed by atoms with E-state index in [4.69, 9.17) is 10.5 Å². The summed E-state index contributed by atoms with van der Waals surface area (Å²) in [5, 5.41) is 0. The molecule has 2 fully saturated rings. The second-order valence-electron chi connectivity index (χ2n) is 6.08. The zero-order valence-electron chi connectivity index (χ0n) is 11.5. The molecule has 0 amide bonds. The molecule has 0 spiro atoms. The molecule has 0 aromatic carbocycles. The molecule has 1 aliphatic heterocycles. The van der Waals surface area contributed by atoms with Crippen molar-refractivity contribution in [1.29, 1.82) is 0 Å². The molecule has 0 atom stereocenters. The summed E-state index contributed by atoms with van der Waals surface area (Å²) >= 11 is 0. The summed E-state index contributed by atoms with van der Waals surface area (Å²) in [5.74, 6) is 0.983. The van der Waals surface area contributed by atoms with Crippen LogP contribution in [0.25, 0.3) is 0 Å². The van der Waals surface area contributed by atoms with E-state index in [0.29, 0.717) is 18.2 Å². The number of carbonyl (C=O) groups is 1. The number of rotatable bonds is 4. The molecule has 104 valence electrons. The van der Waals surface area contributed by atoms with Gasteiger partial charge in [0.05, 0.1) is 0 Å². The summed E-state index contributed by atoms with van der Waals surface area (Å²) in [6.45, 7) is 2.20. The number of Topliss-reactive ketones (excluding diaryl/α,β-unsaturated/α-hetero) is 1. The predicted molar refractivity (Wildman–Crippen MR) is 72.4 cm³/mol. The average molecular weight is 253 g/mol. The molecule has 1 aliphatic carbocycles. The molecule has 3 nitrogen and oxygen atoms in total. The van der Waals surface area contributed by atoms with Crippen molar-refractivity contribution in [3.05, 3.63) is 0 Å². The Morgan fingerprint density at radius 2 is 1.72 bits per heavy atom. The summed E-state index contributed by atoms with van der Waals surface area (Å²) < 4.78 is 5.36. The van der Waals surface area contributed by atoms with Crippen LogP contribution in [0.5, 0.6) is 0 Å². The first-order valence-corrected chi connectivity index (χ1v) is 7.58. The van der Waals surface area contributed by atoms with Crippen molar-refractivity contribution in [2.24, 2.45) is 17.1 Å². The lowest BCUT2D eigenvalue weighted by Crippen LogP contribution is -2.39. The van der Waals surface area contributed by atoms with Crippen LogP contribution in [0.1, 0.15) is 57.8 Å². The molecular formula is C15H27NO2. The molecule has 18 heavy (non-hydrogen) atoms. The van der Waals surface area contributed by atoms with Crippen LogP contribution in [0, 0.1) is 11.3 Å². The van der Waals surface area contributed by atoms with E-state index >= 15 is 0 Å². The topological polar surface area (TPSA) is 52.3 Å². The van der Waals surface area contributed by atoms with Gasteiger partial charge in [0.2, 0.25) is 0 Å². The maximum Gasteiger partial charge on any atom is 0.140 e. The number of hydrogen-bond donors (Lipinski definition) is 1. The molecule has 2 aliphatic rings. The van der Waals surface area contributed by atoms with E-state index in [1.165, 1.54) is 25.7 Å². The summed E-state index contributed by atoms with van der Waals surface area (Å²) in [4.78, 5) is 12.7. The first-order chi connectivity index (χ1) is 8.77. The lowest BCUT2D eigenvalue weighted by Gasteiger charge is -2.32. The maximum absolute atomic E-state index is 12.7. The minimum atomic E-state index is -0.186. The van der Waals surface area contributed by atoms with Crippen LogP contribution in [-0.2, 0) is 9.53 Å². The second kappa shape index (κ2) is 6.67. The highest BCUT2D eigenvalue weighted by Gasteiger charge is 2.37.